The second-order valence-electron chi connectivity index (χ2n) is 10.5. The lowest BCUT2D eigenvalue weighted by atomic mass is 10.0. The molecule has 202 valence electrons. The Hall–Kier alpha value is -3.12. The molecule has 4 rings (SSSR count). The Morgan fingerprint density at radius 2 is 1.87 bits per heavy atom. The topological polar surface area (TPSA) is 108 Å². The van der Waals surface area contributed by atoms with Crippen molar-refractivity contribution in [2.45, 2.75) is 39.3 Å². The minimum atomic E-state index is -3.47. The maximum Gasteiger partial charge on any atom is 0.264 e. The average molecular weight is 554 g/mol. The molecule has 4 aromatic rings. The zero-order valence-electron chi connectivity index (χ0n) is 22.6. The monoisotopic (exact) mass is 553 g/mol. The van der Waals surface area contributed by atoms with Gasteiger partial charge in [-0.05, 0) is 43.3 Å². The number of aryl methyl sites for hydroxylation is 1. The van der Waals surface area contributed by atoms with Gasteiger partial charge in [0, 0.05) is 37.9 Å². The fourth-order valence-corrected chi connectivity index (χ4v) is 5.08. The molecule has 0 aliphatic carbocycles. The molecular weight excluding hydrogens is 518 g/mol. The molecule has 0 bridgehead atoms. The van der Waals surface area contributed by atoms with Crippen molar-refractivity contribution in [2.75, 3.05) is 31.3 Å². The third-order valence-corrected chi connectivity index (χ3v) is 8.18. The predicted octanol–water partition coefficient (Wildman–Crippen LogP) is 5.17. The van der Waals surface area contributed by atoms with E-state index in [-0.39, 0.29) is 6.61 Å². The minimum absolute atomic E-state index is 0.0429. The highest BCUT2D eigenvalue weighted by Crippen LogP contribution is 2.32. The van der Waals surface area contributed by atoms with Crippen LogP contribution in [0.25, 0.3) is 33.5 Å². The SMILES string of the molecule is Cc1cccc(-c2c(-c3ccc4ncc(NCCOS(C)(=O)=O)cc4c3)ncn2COCC[Si](C)(C)C)n1. The summed E-state index contributed by atoms with van der Waals surface area (Å²) in [5.74, 6) is 0. The van der Waals surface area contributed by atoms with Crippen molar-refractivity contribution in [3.63, 3.8) is 0 Å². The minimum Gasteiger partial charge on any atom is -0.381 e. The Morgan fingerprint density at radius 3 is 2.61 bits per heavy atom. The van der Waals surface area contributed by atoms with Gasteiger partial charge in [-0.1, -0.05) is 31.8 Å². The van der Waals surface area contributed by atoms with Crippen LogP contribution in [0.15, 0.2) is 55.0 Å². The van der Waals surface area contributed by atoms with E-state index in [0.717, 1.165) is 63.8 Å². The molecule has 3 aromatic heterocycles. The normalized spacial score (nSPS) is 12.2. The zero-order chi connectivity index (χ0) is 27.3. The Labute approximate surface area is 225 Å². The van der Waals surface area contributed by atoms with Crippen LogP contribution in [0.3, 0.4) is 0 Å². The highest BCUT2D eigenvalue weighted by Gasteiger charge is 2.18. The fourth-order valence-electron chi connectivity index (χ4n) is 3.94. The fraction of sp³-hybridized carbons (Fsp3) is 0.370. The summed E-state index contributed by atoms with van der Waals surface area (Å²) < 4.78 is 35.2. The second-order valence-corrected chi connectivity index (χ2v) is 17.8. The van der Waals surface area contributed by atoms with Crippen molar-refractivity contribution in [3.05, 3.63) is 60.7 Å². The van der Waals surface area contributed by atoms with Gasteiger partial charge in [-0.25, -0.2) is 4.98 Å². The zero-order valence-corrected chi connectivity index (χ0v) is 24.4. The Balaban J connectivity index is 1.62. The Kier molecular flexibility index (Phi) is 8.61. The Bertz CT molecular complexity index is 1520. The summed E-state index contributed by atoms with van der Waals surface area (Å²) in [7, 11) is -4.65. The number of aromatic nitrogens is 4. The molecule has 11 heteroatoms. The van der Waals surface area contributed by atoms with Crippen LogP contribution >= 0.6 is 0 Å². The third-order valence-electron chi connectivity index (χ3n) is 5.88. The summed E-state index contributed by atoms with van der Waals surface area (Å²) in [6.07, 6.45) is 4.57. The number of imidazole rings is 1. The van der Waals surface area contributed by atoms with Crippen molar-refractivity contribution in [2.24, 2.45) is 0 Å². The lowest BCUT2D eigenvalue weighted by molar-refractivity contribution is 0.0881. The summed E-state index contributed by atoms with van der Waals surface area (Å²) in [4.78, 5) is 14.1. The summed E-state index contributed by atoms with van der Waals surface area (Å²) in [5.41, 5.74) is 6.05. The molecule has 9 nitrogen and oxygen atoms in total. The molecule has 0 aliphatic heterocycles. The smallest absolute Gasteiger partial charge is 0.264 e. The molecule has 0 atom stereocenters. The number of hydrogen-bond acceptors (Lipinski definition) is 8. The van der Waals surface area contributed by atoms with Gasteiger partial charge in [0.2, 0.25) is 0 Å². The quantitative estimate of drug-likeness (QED) is 0.145. The molecule has 3 heterocycles. The summed E-state index contributed by atoms with van der Waals surface area (Å²) in [6, 6.07) is 15.1. The van der Waals surface area contributed by atoms with Gasteiger partial charge >= 0.3 is 0 Å². The van der Waals surface area contributed by atoms with Gasteiger partial charge in [0.15, 0.2) is 0 Å². The van der Waals surface area contributed by atoms with Crippen molar-refractivity contribution in [3.8, 4) is 22.6 Å². The first-order valence-corrected chi connectivity index (χ1v) is 18.1. The summed E-state index contributed by atoms with van der Waals surface area (Å²) in [6.45, 7) is 10.5. The van der Waals surface area contributed by atoms with E-state index in [4.69, 9.17) is 18.9 Å². The first-order chi connectivity index (χ1) is 18.0. The van der Waals surface area contributed by atoms with Crippen LogP contribution in [0.5, 0.6) is 0 Å². The van der Waals surface area contributed by atoms with Crippen molar-refractivity contribution >= 4 is 34.8 Å². The highest BCUT2D eigenvalue weighted by molar-refractivity contribution is 7.85. The molecule has 0 saturated heterocycles. The number of anilines is 1. The van der Waals surface area contributed by atoms with Crippen LogP contribution in [-0.4, -0.2) is 62.0 Å². The van der Waals surface area contributed by atoms with E-state index >= 15 is 0 Å². The molecule has 0 aliphatic rings. The molecule has 0 radical (unpaired) electrons. The molecule has 1 aromatic carbocycles. The van der Waals surface area contributed by atoms with E-state index in [9.17, 15) is 8.42 Å². The molecule has 0 amide bonds. The van der Waals surface area contributed by atoms with E-state index < -0.39 is 18.2 Å². The number of pyridine rings is 2. The number of ether oxygens (including phenoxy) is 1. The Morgan fingerprint density at radius 1 is 1.05 bits per heavy atom. The highest BCUT2D eigenvalue weighted by atomic mass is 32.2. The first-order valence-electron chi connectivity index (χ1n) is 12.5. The van der Waals surface area contributed by atoms with E-state index in [0.29, 0.717) is 13.3 Å². The lowest BCUT2D eigenvalue weighted by Crippen LogP contribution is -2.22. The second kappa shape index (κ2) is 11.7. The van der Waals surface area contributed by atoms with E-state index in [1.165, 1.54) is 0 Å². The molecule has 0 spiro atoms. The standard InChI is InChI=1S/C27H35N5O4SSi/c1-20-7-6-8-25(31-20)27-26(30-18-32(27)19-35-13-14-38(3,4)5)21-9-10-24-22(15-21)16-23(17-29-24)28-11-12-36-37(2,33)34/h6-10,15-18,28H,11-14,19H2,1-5H3. The number of rotatable bonds is 12. The van der Waals surface area contributed by atoms with Crippen molar-refractivity contribution in [1.29, 1.82) is 0 Å². The van der Waals surface area contributed by atoms with Gasteiger partial charge in [-0.2, -0.15) is 8.42 Å². The van der Waals surface area contributed by atoms with Gasteiger partial charge < -0.3 is 14.6 Å². The van der Waals surface area contributed by atoms with E-state index in [1.54, 1.807) is 6.20 Å². The number of nitrogens with one attached hydrogen (secondary N) is 1. The van der Waals surface area contributed by atoms with Crippen LogP contribution in [0.4, 0.5) is 5.69 Å². The van der Waals surface area contributed by atoms with Crippen molar-refractivity contribution < 1.29 is 17.3 Å². The van der Waals surface area contributed by atoms with Crippen molar-refractivity contribution in [1.82, 2.24) is 19.5 Å². The predicted molar refractivity (Wildman–Crippen MR) is 154 cm³/mol. The summed E-state index contributed by atoms with van der Waals surface area (Å²) in [5, 5.41) is 4.09. The van der Waals surface area contributed by atoms with Gasteiger partial charge in [0.1, 0.15) is 6.73 Å². The van der Waals surface area contributed by atoms with Gasteiger partial charge in [-0.3, -0.25) is 14.2 Å². The molecule has 0 fully saturated rings. The van der Waals surface area contributed by atoms with E-state index in [1.807, 2.05) is 54.2 Å². The molecular formula is C27H35N5O4SSi. The lowest BCUT2D eigenvalue weighted by Gasteiger charge is -2.16. The third kappa shape index (κ3) is 7.70. The molecule has 1 N–H and O–H groups in total. The first kappa shape index (κ1) is 27.9. The van der Waals surface area contributed by atoms with Crippen LogP contribution < -0.4 is 5.32 Å². The van der Waals surface area contributed by atoms with Gasteiger partial charge in [-0.15, -0.1) is 0 Å². The van der Waals surface area contributed by atoms with Gasteiger partial charge in [0.05, 0.1) is 53.7 Å². The van der Waals surface area contributed by atoms with Crippen LogP contribution in [0.1, 0.15) is 5.69 Å². The van der Waals surface area contributed by atoms with E-state index in [2.05, 4.69) is 36.0 Å². The van der Waals surface area contributed by atoms with Crippen LogP contribution in [-0.2, 0) is 25.8 Å². The summed E-state index contributed by atoms with van der Waals surface area (Å²) >= 11 is 0. The largest absolute Gasteiger partial charge is 0.381 e. The maximum absolute atomic E-state index is 11.2. The molecule has 38 heavy (non-hydrogen) atoms. The number of hydrogen-bond donors (Lipinski definition) is 1. The van der Waals surface area contributed by atoms with Crippen LogP contribution in [0.2, 0.25) is 25.7 Å². The molecule has 0 saturated carbocycles. The molecule has 0 unspecified atom stereocenters. The van der Waals surface area contributed by atoms with Gasteiger partial charge in [0.25, 0.3) is 10.1 Å². The maximum atomic E-state index is 11.2. The number of nitrogens with zero attached hydrogens (tertiary/aromatic N) is 4. The number of benzene rings is 1. The number of fused-ring (bicyclic) bond motifs is 1. The van der Waals surface area contributed by atoms with Crippen LogP contribution in [0, 0.1) is 6.92 Å². The average Bonchev–Trinajstić information content (AvgIpc) is 3.27.